The van der Waals surface area contributed by atoms with Crippen LogP contribution in [0, 0.1) is 0 Å². The van der Waals surface area contributed by atoms with E-state index in [1.54, 1.807) is 0 Å². The van der Waals surface area contributed by atoms with Gasteiger partial charge in [-0.1, -0.05) is 60.7 Å². The fourth-order valence-electron chi connectivity index (χ4n) is 5.10. The van der Waals surface area contributed by atoms with Gasteiger partial charge in [0.25, 0.3) is 0 Å². The Morgan fingerprint density at radius 2 is 1.26 bits per heavy atom. The summed E-state index contributed by atoms with van der Waals surface area (Å²) in [6.07, 6.45) is -3.10. The second kappa shape index (κ2) is 9.29. The molecule has 0 atom stereocenters. The van der Waals surface area contributed by atoms with Gasteiger partial charge in [-0.25, -0.2) is 8.42 Å². The molecule has 1 aliphatic heterocycles. The van der Waals surface area contributed by atoms with E-state index in [0.29, 0.717) is 13.1 Å². The number of rotatable bonds is 4. The Morgan fingerprint density at radius 1 is 0.743 bits per heavy atom. The molecule has 0 N–H and O–H groups in total. The van der Waals surface area contributed by atoms with Crippen molar-refractivity contribution in [1.82, 2.24) is 9.21 Å². The van der Waals surface area contributed by atoms with E-state index in [-0.39, 0.29) is 19.1 Å². The lowest BCUT2D eigenvalue weighted by atomic mass is 9.93. The van der Waals surface area contributed by atoms with Crippen LogP contribution in [0.3, 0.4) is 0 Å². The van der Waals surface area contributed by atoms with Crippen molar-refractivity contribution in [3.05, 3.63) is 95.1 Å². The number of ether oxygens (including phenoxy) is 1. The number of sulfonamides is 1. The highest BCUT2D eigenvalue weighted by molar-refractivity contribution is 7.89. The van der Waals surface area contributed by atoms with Crippen LogP contribution >= 0.6 is 0 Å². The van der Waals surface area contributed by atoms with Crippen molar-refractivity contribution in [3.8, 4) is 5.75 Å². The summed E-state index contributed by atoms with van der Waals surface area (Å²) in [6.45, 7) is 1.25. The number of alkyl halides is 3. The second-order valence-electron chi connectivity index (χ2n) is 8.73. The van der Waals surface area contributed by atoms with E-state index in [4.69, 9.17) is 0 Å². The molecule has 9 heteroatoms. The average molecular weight is 503 g/mol. The molecule has 0 saturated carbocycles. The SMILES string of the molecule is O=S(=O)(c1ccccc1OC(F)(F)F)N1CCN(C2c3ccccc3CCc3ccccc32)CC1. The molecule has 5 nitrogen and oxygen atoms in total. The Morgan fingerprint density at radius 3 is 1.83 bits per heavy atom. The molecule has 184 valence electrons. The Labute approximate surface area is 202 Å². The topological polar surface area (TPSA) is 49.9 Å². The van der Waals surface area contributed by atoms with Crippen LogP contribution in [0.5, 0.6) is 5.75 Å². The van der Waals surface area contributed by atoms with Crippen LogP contribution in [0.4, 0.5) is 13.2 Å². The zero-order valence-electron chi connectivity index (χ0n) is 18.9. The maximum Gasteiger partial charge on any atom is 0.573 e. The van der Waals surface area contributed by atoms with Crippen molar-refractivity contribution in [3.63, 3.8) is 0 Å². The van der Waals surface area contributed by atoms with E-state index in [1.165, 1.54) is 38.7 Å². The third-order valence-corrected chi connectivity index (χ3v) is 8.63. The molecule has 1 saturated heterocycles. The average Bonchev–Trinajstić information content (AvgIpc) is 3.00. The molecule has 1 fully saturated rings. The van der Waals surface area contributed by atoms with Crippen molar-refractivity contribution >= 4 is 10.0 Å². The van der Waals surface area contributed by atoms with E-state index in [9.17, 15) is 21.6 Å². The minimum atomic E-state index is -4.98. The molecule has 0 unspecified atom stereocenters. The highest BCUT2D eigenvalue weighted by atomic mass is 32.2. The summed E-state index contributed by atoms with van der Waals surface area (Å²) in [5.41, 5.74) is 5.00. The van der Waals surface area contributed by atoms with Gasteiger partial charge in [0.1, 0.15) is 10.6 Å². The van der Waals surface area contributed by atoms with Crippen molar-refractivity contribution in [1.29, 1.82) is 0 Å². The maximum atomic E-state index is 13.3. The minimum Gasteiger partial charge on any atom is -0.404 e. The Balaban J connectivity index is 1.41. The van der Waals surface area contributed by atoms with Crippen molar-refractivity contribution in [2.24, 2.45) is 0 Å². The number of aryl methyl sites for hydroxylation is 2. The number of nitrogens with zero attached hydrogens (tertiary/aromatic N) is 2. The summed E-state index contributed by atoms with van der Waals surface area (Å²) in [6, 6.07) is 21.6. The van der Waals surface area contributed by atoms with E-state index < -0.39 is 27.0 Å². The number of hydrogen-bond donors (Lipinski definition) is 0. The second-order valence-corrected chi connectivity index (χ2v) is 10.6. The number of para-hydroxylation sites is 1. The van der Waals surface area contributed by atoms with Crippen LogP contribution in [-0.2, 0) is 22.9 Å². The van der Waals surface area contributed by atoms with E-state index in [0.717, 1.165) is 25.0 Å². The molecule has 3 aromatic carbocycles. The largest absolute Gasteiger partial charge is 0.573 e. The lowest BCUT2D eigenvalue weighted by Crippen LogP contribution is -2.50. The van der Waals surface area contributed by atoms with Gasteiger partial charge in [-0.2, -0.15) is 4.31 Å². The van der Waals surface area contributed by atoms with Crippen LogP contribution < -0.4 is 4.74 Å². The van der Waals surface area contributed by atoms with E-state index in [1.807, 2.05) is 24.3 Å². The van der Waals surface area contributed by atoms with Gasteiger partial charge < -0.3 is 4.74 Å². The summed E-state index contributed by atoms with van der Waals surface area (Å²) in [7, 11) is -4.17. The molecule has 1 heterocycles. The Kier molecular flexibility index (Phi) is 6.33. The minimum absolute atomic E-state index is 0.00407. The normalized spacial score (nSPS) is 17.9. The van der Waals surface area contributed by atoms with Crippen LogP contribution in [0.1, 0.15) is 28.3 Å². The fourth-order valence-corrected chi connectivity index (χ4v) is 6.64. The highest BCUT2D eigenvalue weighted by Gasteiger charge is 2.38. The first-order valence-corrected chi connectivity index (χ1v) is 12.9. The van der Waals surface area contributed by atoms with E-state index in [2.05, 4.69) is 33.9 Å². The van der Waals surface area contributed by atoms with Gasteiger partial charge in [-0.15, -0.1) is 13.2 Å². The first-order valence-electron chi connectivity index (χ1n) is 11.5. The molecular weight excluding hydrogens is 477 g/mol. The highest BCUT2D eigenvalue weighted by Crippen LogP contribution is 2.38. The number of halogens is 3. The van der Waals surface area contributed by atoms with Crippen LogP contribution in [0.2, 0.25) is 0 Å². The number of fused-ring (bicyclic) bond motifs is 2. The summed E-state index contributed by atoms with van der Waals surface area (Å²) in [5, 5.41) is 0. The zero-order chi connectivity index (χ0) is 24.6. The predicted molar refractivity (Wildman–Crippen MR) is 126 cm³/mol. The molecule has 1 aliphatic carbocycles. The van der Waals surface area contributed by atoms with Gasteiger partial charge in [0.2, 0.25) is 10.0 Å². The van der Waals surface area contributed by atoms with Gasteiger partial charge in [0.05, 0.1) is 6.04 Å². The molecule has 0 aromatic heterocycles. The summed E-state index contributed by atoms with van der Waals surface area (Å²) >= 11 is 0. The third-order valence-electron chi connectivity index (χ3n) is 6.69. The van der Waals surface area contributed by atoms with Crippen LogP contribution in [0.15, 0.2) is 77.7 Å². The Hall–Kier alpha value is -2.88. The first kappa shape index (κ1) is 23.8. The smallest absolute Gasteiger partial charge is 0.404 e. The molecule has 35 heavy (non-hydrogen) atoms. The van der Waals surface area contributed by atoms with Gasteiger partial charge in [0.15, 0.2) is 0 Å². The van der Waals surface area contributed by atoms with Crippen molar-refractivity contribution in [2.45, 2.75) is 30.1 Å². The number of benzene rings is 3. The number of hydrogen-bond acceptors (Lipinski definition) is 4. The first-order chi connectivity index (χ1) is 16.7. The predicted octanol–water partition coefficient (Wildman–Crippen LogP) is 4.78. The summed E-state index contributed by atoms with van der Waals surface area (Å²) < 4.78 is 70.4. The number of piperazine rings is 1. The molecule has 3 aromatic rings. The lowest BCUT2D eigenvalue weighted by molar-refractivity contribution is -0.275. The van der Waals surface area contributed by atoms with Crippen LogP contribution in [0.25, 0.3) is 0 Å². The molecule has 2 aliphatic rings. The van der Waals surface area contributed by atoms with Gasteiger partial charge >= 0.3 is 6.36 Å². The van der Waals surface area contributed by atoms with E-state index >= 15 is 0 Å². The zero-order valence-corrected chi connectivity index (χ0v) is 19.7. The maximum absolute atomic E-state index is 13.3. The molecular formula is C26H25F3N2O3S. The van der Waals surface area contributed by atoms with Gasteiger partial charge in [-0.05, 0) is 47.2 Å². The molecule has 0 spiro atoms. The Bertz CT molecular complexity index is 1270. The molecule has 5 rings (SSSR count). The summed E-state index contributed by atoms with van der Waals surface area (Å²) in [5.74, 6) is -0.714. The van der Waals surface area contributed by atoms with Crippen molar-refractivity contribution in [2.75, 3.05) is 26.2 Å². The third kappa shape index (κ3) is 4.80. The molecule has 0 amide bonds. The fraction of sp³-hybridized carbons (Fsp3) is 0.308. The standard InChI is InChI=1S/C26H25F3N2O3S/c27-26(28,29)34-23-11-5-6-12-24(23)35(32,33)31-17-15-30(16-18-31)25-21-9-3-1-7-19(21)13-14-20-8-2-4-10-22(20)25/h1-12,25H,13-18H2. The molecule has 0 bridgehead atoms. The quantitative estimate of drug-likeness (QED) is 0.515. The van der Waals surface area contributed by atoms with Crippen LogP contribution in [-0.4, -0.2) is 50.2 Å². The monoisotopic (exact) mass is 502 g/mol. The molecule has 0 radical (unpaired) electrons. The summed E-state index contributed by atoms with van der Waals surface area (Å²) in [4.78, 5) is 1.79. The lowest BCUT2D eigenvalue weighted by Gasteiger charge is -2.39. The van der Waals surface area contributed by atoms with Gasteiger partial charge in [0, 0.05) is 26.2 Å². The van der Waals surface area contributed by atoms with Gasteiger partial charge in [-0.3, -0.25) is 4.90 Å². The van der Waals surface area contributed by atoms with Crippen molar-refractivity contribution < 1.29 is 26.3 Å².